The third-order valence-electron chi connectivity index (χ3n) is 4.14. The highest BCUT2D eigenvalue weighted by molar-refractivity contribution is 14.0. The minimum absolute atomic E-state index is 0. The number of rotatable bonds is 7. The lowest BCUT2D eigenvalue weighted by Gasteiger charge is -2.14. The molecule has 1 aliphatic rings. The lowest BCUT2D eigenvalue weighted by Crippen LogP contribution is -2.37. The second-order valence-corrected chi connectivity index (χ2v) is 6.16. The van der Waals surface area contributed by atoms with E-state index >= 15 is 0 Å². The highest BCUT2D eigenvalue weighted by atomic mass is 127. The van der Waals surface area contributed by atoms with Crippen LogP contribution in [0.15, 0.2) is 35.3 Å². The smallest absolute Gasteiger partial charge is 0.387 e. The summed E-state index contributed by atoms with van der Waals surface area (Å²) in [6.07, 6.45) is 0. The van der Waals surface area contributed by atoms with E-state index in [2.05, 4.69) is 20.4 Å². The molecule has 11 heteroatoms. The van der Waals surface area contributed by atoms with Gasteiger partial charge in [-0.1, -0.05) is 0 Å². The van der Waals surface area contributed by atoms with E-state index in [1.165, 1.54) is 30.3 Å². The van der Waals surface area contributed by atoms with Crippen molar-refractivity contribution in [3.05, 3.63) is 52.8 Å². The quantitative estimate of drug-likeness (QED) is 0.310. The van der Waals surface area contributed by atoms with Gasteiger partial charge in [0, 0.05) is 30.3 Å². The fourth-order valence-corrected chi connectivity index (χ4v) is 2.76. The summed E-state index contributed by atoms with van der Waals surface area (Å²) < 4.78 is 54.6. The van der Waals surface area contributed by atoms with E-state index in [9.17, 15) is 13.2 Å². The summed E-state index contributed by atoms with van der Waals surface area (Å²) >= 11 is 0. The van der Waals surface area contributed by atoms with Gasteiger partial charge in [0.1, 0.15) is 11.6 Å². The van der Waals surface area contributed by atoms with Gasteiger partial charge in [-0.2, -0.15) is 14.0 Å². The fraction of sp³-hybridized carbons (Fsp3) is 0.300. The second kappa shape index (κ2) is 11.5. The Kier molecular flexibility index (Phi) is 9.04. The second-order valence-electron chi connectivity index (χ2n) is 6.16. The van der Waals surface area contributed by atoms with Gasteiger partial charge in [-0.3, -0.25) is 0 Å². The highest BCUT2D eigenvalue weighted by Crippen LogP contribution is 2.39. The molecule has 0 fully saturated rings. The Balaban J connectivity index is 0.00000341. The van der Waals surface area contributed by atoms with Crippen molar-refractivity contribution < 1.29 is 27.4 Å². The summed E-state index contributed by atoms with van der Waals surface area (Å²) in [6, 6.07) is 8.88. The normalized spacial score (nSPS) is 12.2. The van der Waals surface area contributed by atoms with Crippen LogP contribution < -0.4 is 24.8 Å². The van der Waals surface area contributed by atoms with Crippen molar-refractivity contribution in [2.75, 3.05) is 13.3 Å². The Hall–Kier alpha value is -2.88. The molecule has 0 saturated heterocycles. The van der Waals surface area contributed by atoms with Crippen LogP contribution in [0.25, 0.3) is 0 Å². The number of alkyl halides is 2. The van der Waals surface area contributed by atoms with Crippen LogP contribution in [-0.2, 0) is 13.1 Å². The molecule has 0 unspecified atom stereocenters. The number of nitrogens with zero attached hydrogens (tertiary/aromatic N) is 2. The van der Waals surface area contributed by atoms with Gasteiger partial charge in [0.2, 0.25) is 6.79 Å². The summed E-state index contributed by atoms with van der Waals surface area (Å²) in [4.78, 5) is 4.35. The first-order chi connectivity index (χ1) is 14.5. The molecule has 0 atom stereocenters. The maximum Gasteiger partial charge on any atom is 0.387 e. The summed E-state index contributed by atoms with van der Waals surface area (Å²) in [7, 11) is 0. The summed E-state index contributed by atoms with van der Waals surface area (Å²) in [6.45, 7) is -0.569. The maximum absolute atomic E-state index is 14.0. The average molecular weight is 548 g/mol. The van der Waals surface area contributed by atoms with Crippen LogP contribution in [0.4, 0.5) is 13.2 Å². The van der Waals surface area contributed by atoms with E-state index in [1.807, 2.05) is 13.0 Å². The van der Waals surface area contributed by atoms with E-state index in [-0.39, 0.29) is 49.6 Å². The molecular formula is C20H20F3IN4O3. The molecule has 0 saturated carbocycles. The number of benzene rings is 2. The average Bonchev–Trinajstić information content (AvgIpc) is 3.17. The number of guanidine groups is 1. The maximum atomic E-state index is 14.0. The molecule has 0 radical (unpaired) electrons. The molecule has 7 nitrogen and oxygen atoms in total. The fourth-order valence-electron chi connectivity index (χ4n) is 2.76. The van der Waals surface area contributed by atoms with Gasteiger partial charge in [-0.15, -0.1) is 24.0 Å². The van der Waals surface area contributed by atoms with Gasteiger partial charge in [0.05, 0.1) is 18.2 Å². The predicted octanol–water partition coefficient (Wildman–Crippen LogP) is 3.90. The van der Waals surface area contributed by atoms with Gasteiger partial charge in [0.15, 0.2) is 17.5 Å². The summed E-state index contributed by atoms with van der Waals surface area (Å²) in [5.41, 5.74) is 1.00. The van der Waals surface area contributed by atoms with Crippen LogP contribution in [0.2, 0.25) is 0 Å². The van der Waals surface area contributed by atoms with Crippen molar-refractivity contribution in [1.29, 1.82) is 5.26 Å². The molecule has 31 heavy (non-hydrogen) atoms. The van der Waals surface area contributed by atoms with Crippen molar-refractivity contribution in [1.82, 2.24) is 10.6 Å². The standard InChI is InChI=1S/C20H19F3N4O3.HI/c1-2-25-20(26-9-13-5-12(8-24)3-4-15(13)21)27-10-14-6-17-18(29-11-28-17)7-16(14)30-19(22)23;/h3-7,19H,2,9-11H2,1H3,(H2,25,26,27);1H. The van der Waals surface area contributed by atoms with E-state index < -0.39 is 12.4 Å². The van der Waals surface area contributed by atoms with Crippen molar-refractivity contribution in [3.8, 4) is 23.3 Å². The molecule has 3 rings (SSSR count). The third-order valence-corrected chi connectivity index (χ3v) is 4.14. The summed E-state index contributed by atoms with van der Waals surface area (Å²) in [5, 5.41) is 14.9. The van der Waals surface area contributed by atoms with Crippen molar-refractivity contribution in [2.24, 2.45) is 4.99 Å². The number of fused-ring (bicyclic) bond motifs is 1. The largest absolute Gasteiger partial charge is 0.454 e. The van der Waals surface area contributed by atoms with Crippen molar-refractivity contribution in [2.45, 2.75) is 26.6 Å². The van der Waals surface area contributed by atoms with Gasteiger partial charge in [0.25, 0.3) is 0 Å². The van der Waals surface area contributed by atoms with Crippen LogP contribution in [-0.4, -0.2) is 25.9 Å². The molecule has 0 amide bonds. The molecule has 2 aromatic carbocycles. The van der Waals surface area contributed by atoms with Gasteiger partial charge in [-0.05, 0) is 31.2 Å². The SMILES string of the molecule is CCNC(=NCc1cc2c(cc1OC(F)F)OCO2)NCc1cc(C#N)ccc1F.I. The molecule has 0 aromatic heterocycles. The monoisotopic (exact) mass is 548 g/mol. The van der Waals surface area contributed by atoms with Gasteiger partial charge >= 0.3 is 6.61 Å². The van der Waals surface area contributed by atoms with E-state index in [4.69, 9.17) is 14.7 Å². The zero-order valence-corrected chi connectivity index (χ0v) is 18.8. The van der Waals surface area contributed by atoms with Crippen LogP contribution in [0.1, 0.15) is 23.6 Å². The van der Waals surface area contributed by atoms with Crippen LogP contribution in [0.3, 0.4) is 0 Å². The number of aliphatic imine (C=N–C) groups is 1. The Morgan fingerprint density at radius 2 is 1.94 bits per heavy atom. The van der Waals surface area contributed by atoms with Crippen LogP contribution in [0.5, 0.6) is 17.2 Å². The molecule has 0 aliphatic carbocycles. The van der Waals surface area contributed by atoms with Gasteiger partial charge in [-0.25, -0.2) is 9.38 Å². The Morgan fingerprint density at radius 1 is 1.19 bits per heavy atom. The van der Waals surface area contributed by atoms with Crippen molar-refractivity contribution in [3.63, 3.8) is 0 Å². The zero-order chi connectivity index (χ0) is 21.5. The molecule has 166 valence electrons. The topological polar surface area (TPSA) is 87.9 Å². The minimum atomic E-state index is -3.00. The molecule has 1 aliphatic heterocycles. The first kappa shape index (κ1) is 24.4. The third kappa shape index (κ3) is 6.55. The number of nitriles is 1. The molecule has 2 aromatic rings. The Morgan fingerprint density at radius 3 is 2.61 bits per heavy atom. The molecule has 2 N–H and O–H groups in total. The summed E-state index contributed by atoms with van der Waals surface area (Å²) in [5.74, 6) is 0.536. The molecule has 1 heterocycles. The van der Waals surface area contributed by atoms with Crippen LogP contribution in [0, 0.1) is 17.1 Å². The minimum Gasteiger partial charge on any atom is -0.454 e. The lowest BCUT2D eigenvalue weighted by molar-refractivity contribution is -0.0505. The number of hydrogen-bond acceptors (Lipinski definition) is 5. The predicted molar refractivity (Wildman–Crippen MR) is 117 cm³/mol. The van der Waals surface area contributed by atoms with E-state index in [1.54, 1.807) is 0 Å². The number of halogens is 4. The van der Waals surface area contributed by atoms with Crippen LogP contribution >= 0.6 is 24.0 Å². The number of ether oxygens (including phenoxy) is 3. The van der Waals surface area contributed by atoms with E-state index in [0.29, 0.717) is 40.7 Å². The van der Waals surface area contributed by atoms with Crippen molar-refractivity contribution >= 4 is 29.9 Å². The first-order valence-electron chi connectivity index (χ1n) is 9.08. The van der Waals surface area contributed by atoms with Gasteiger partial charge < -0.3 is 24.8 Å². The first-order valence-corrected chi connectivity index (χ1v) is 9.08. The van der Waals surface area contributed by atoms with E-state index in [0.717, 1.165) is 0 Å². The molecule has 0 spiro atoms. The Labute approximate surface area is 194 Å². The molecular weight excluding hydrogens is 528 g/mol. The molecule has 0 bridgehead atoms. The lowest BCUT2D eigenvalue weighted by atomic mass is 10.1. The number of nitrogens with one attached hydrogen (secondary N) is 2. The highest BCUT2D eigenvalue weighted by Gasteiger charge is 2.20. The number of hydrogen-bond donors (Lipinski definition) is 2. The zero-order valence-electron chi connectivity index (χ0n) is 16.5. The Bertz CT molecular complexity index is 983.